The molecule has 0 nitrogen and oxygen atoms in total. The second-order valence-corrected chi connectivity index (χ2v) is 7.15. The Kier molecular flexibility index (Phi) is 4.61. The molecule has 0 spiro atoms. The summed E-state index contributed by atoms with van der Waals surface area (Å²) in [5.74, 6) is 0. The fourth-order valence-electron chi connectivity index (χ4n) is 2.29. The smallest absolute Gasteiger partial charge is 0.151 e. The van der Waals surface area contributed by atoms with E-state index in [4.69, 9.17) is 0 Å². The number of hydrogen-bond donors (Lipinski definition) is 0. The quantitative estimate of drug-likeness (QED) is 0.494. The molecule has 0 radical (unpaired) electrons. The molecule has 0 atom stereocenters. The van der Waals surface area contributed by atoms with Crippen LogP contribution in [0.25, 0.3) is 11.1 Å². The molecule has 0 fully saturated rings. The van der Waals surface area contributed by atoms with Gasteiger partial charge in [-0.05, 0) is 5.41 Å². The number of rotatable bonds is 0. The molecule has 0 aliphatic heterocycles. The number of fused-ring (bicyclic) bond motifs is 1. The van der Waals surface area contributed by atoms with E-state index >= 15 is 0 Å². The summed E-state index contributed by atoms with van der Waals surface area (Å²) in [6.07, 6.45) is 0. The van der Waals surface area contributed by atoms with Gasteiger partial charge in [-0.1, -0.05) is 64.7 Å². The first kappa shape index (κ1) is 16.4. The Hall–Kier alpha value is -0.703. The van der Waals surface area contributed by atoms with E-state index in [1.165, 1.54) is 22.3 Å². The maximum Gasteiger partial charge on any atom is 1.00 e. The molecule has 2 aliphatic carbocycles. The molecule has 0 amide bonds. The van der Waals surface area contributed by atoms with Crippen LogP contribution in [0.2, 0.25) is 0 Å². The Bertz CT molecular complexity index is 527. The zero-order chi connectivity index (χ0) is 13.6. The topological polar surface area (TPSA) is 0 Å². The first-order valence-corrected chi connectivity index (χ1v) is 6.65. The van der Waals surface area contributed by atoms with E-state index in [0.717, 1.165) is 0 Å². The van der Waals surface area contributed by atoms with Crippen molar-refractivity contribution in [2.75, 3.05) is 0 Å². The molecule has 0 heterocycles. The van der Waals surface area contributed by atoms with Gasteiger partial charge in [0.05, 0.1) is 0 Å². The summed E-state index contributed by atoms with van der Waals surface area (Å²) in [5.41, 5.74) is 5.67. The summed E-state index contributed by atoms with van der Waals surface area (Å²) in [6, 6.07) is 14.5. The van der Waals surface area contributed by atoms with Gasteiger partial charge in [0.25, 0.3) is 0 Å². The molecule has 19 heavy (non-hydrogen) atoms. The first-order valence-electron chi connectivity index (χ1n) is 6.65. The van der Waals surface area contributed by atoms with E-state index in [2.05, 4.69) is 77.9 Å². The van der Waals surface area contributed by atoms with Crippen LogP contribution >= 0.6 is 0 Å². The van der Waals surface area contributed by atoms with Crippen molar-refractivity contribution < 1.29 is 18.9 Å². The van der Waals surface area contributed by atoms with Gasteiger partial charge in [-0.3, -0.25) is 0 Å². The van der Waals surface area contributed by atoms with E-state index in [1.54, 1.807) is 0 Å². The third-order valence-corrected chi connectivity index (χ3v) is 3.49. The van der Waals surface area contributed by atoms with Gasteiger partial charge >= 0.3 is 18.9 Å². The average Bonchev–Trinajstić information content (AvgIpc) is 2.48. The van der Waals surface area contributed by atoms with Gasteiger partial charge in [-0.2, -0.15) is 11.6 Å². The molecule has 0 aromatic rings. The Balaban J connectivity index is 0.00000180. The zero-order valence-electron chi connectivity index (χ0n) is 13.4. The molecule has 0 bridgehead atoms. The average molecular weight is 246 g/mol. The summed E-state index contributed by atoms with van der Waals surface area (Å²) >= 11 is 0. The van der Waals surface area contributed by atoms with Crippen LogP contribution in [0.3, 0.4) is 0 Å². The van der Waals surface area contributed by atoms with Crippen LogP contribution in [0.1, 0.15) is 52.7 Å². The van der Waals surface area contributed by atoms with Crippen LogP contribution < -0.4 is 18.9 Å². The van der Waals surface area contributed by atoms with Gasteiger partial charge in [-0.15, -0.1) is 29.3 Å². The maximum atomic E-state index is 3.39. The molecule has 0 N–H and O–H groups in total. The van der Waals surface area contributed by atoms with Gasteiger partial charge < -0.3 is 0 Å². The predicted molar refractivity (Wildman–Crippen MR) is 79.3 cm³/mol. The molecule has 96 valence electrons. The zero-order valence-corrected chi connectivity index (χ0v) is 13.4. The minimum atomic E-state index is 0. The molecule has 2 rings (SSSR count). The largest absolute Gasteiger partial charge is 1.00 e. The van der Waals surface area contributed by atoms with E-state index in [1.807, 2.05) is 0 Å². The van der Waals surface area contributed by atoms with Gasteiger partial charge in [0.2, 0.25) is 0 Å². The van der Waals surface area contributed by atoms with Crippen molar-refractivity contribution in [3.8, 4) is 11.1 Å². The fourth-order valence-corrected chi connectivity index (χ4v) is 2.29. The monoisotopic (exact) mass is 246 g/mol. The van der Waals surface area contributed by atoms with Crippen LogP contribution in [0.15, 0.2) is 30.3 Å². The van der Waals surface area contributed by atoms with E-state index in [-0.39, 0.29) is 29.7 Å². The van der Waals surface area contributed by atoms with E-state index in [9.17, 15) is 0 Å². The summed E-state index contributed by atoms with van der Waals surface area (Å²) in [6.45, 7) is 13.5. The first-order chi connectivity index (χ1) is 8.19. The van der Waals surface area contributed by atoms with Gasteiger partial charge in [0, 0.05) is 0 Å². The van der Waals surface area contributed by atoms with Crippen LogP contribution in [0.4, 0.5) is 0 Å². The third kappa shape index (κ3) is 3.44. The number of hydrogen-bond acceptors (Lipinski definition) is 0. The van der Waals surface area contributed by atoms with Crippen LogP contribution in [-0.2, 0) is 10.8 Å². The molecule has 0 saturated carbocycles. The molecule has 1 heteroatoms. The van der Waals surface area contributed by atoms with Crippen LogP contribution in [0.5, 0.6) is 0 Å². The second kappa shape index (κ2) is 5.35. The summed E-state index contributed by atoms with van der Waals surface area (Å²) in [7, 11) is 0. The van der Waals surface area contributed by atoms with E-state index in [0.29, 0.717) is 0 Å². The Morgan fingerprint density at radius 2 is 1.37 bits per heavy atom. The van der Waals surface area contributed by atoms with Crippen molar-refractivity contribution >= 4 is 0 Å². The minimum absolute atomic E-state index is 0. The van der Waals surface area contributed by atoms with Crippen molar-refractivity contribution in [2.45, 2.75) is 52.4 Å². The van der Waals surface area contributed by atoms with Gasteiger partial charge in [0.15, 0.2) is 0 Å². The van der Waals surface area contributed by atoms with Gasteiger partial charge in [0.1, 0.15) is 0 Å². The summed E-state index contributed by atoms with van der Waals surface area (Å²) in [5, 5.41) is 0. The fraction of sp³-hybridized carbons (Fsp3) is 0.444. The van der Waals surface area contributed by atoms with Gasteiger partial charge in [-0.25, -0.2) is 0 Å². The Morgan fingerprint density at radius 3 is 1.89 bits per heavy atom. The van der Waals surface area contributed by atoms with Crippen molar-refractivity contribution in [1.82, 2.24) is 0 Å². The predicted octanol–water partition coefficient (Wildman–Crippen LogP) is 2.19. The van der Waals surface area contributed by atoms with Crippen LogP contribution in [0, 0.1) is 6.07 Å². The standard InChI is InChI=1S/C18H23.Li/c1-17(2,3)14-9-7-13-8-12-16(18(4,5)6)15(13)11-10-14;/h7,9-12H,1-6H3;/q-1;+1. The van der Waals surface area contributed by atoms with Crippen molar-refractivity contribution in [1.29, 1.82) is 0 Å². The molecule has 2 aliphatic rings. The summed E-state index contributed by atoms with van der Waals surface area (Å²) < 4.78 is 0. The van der Waals surface area contributed by atoms with Crippen molar-refractivity contribution in [3.05, 3.63) is 47.5 Å². The molecular formula is C18H23Li. The SMILES string of the molecule is CC(C)(C)c1ccc2[c-]cc(C(C)(C)C)c-2cc1.[Li+]. The molecule has 0 saturated heterocycles. The molecule has 0 aromatic carbocycles. The van der Waals surface area contributed by atoms with Crippen LogP contribution in [-0.4, -0.2) is 0 Å². The van der Waals surface area contributed by atoms with E-state index < -0.39 is 0 Å². The summed E-state index contributed by atoms with van der Waals surface area (Å²) in [4.78, 5) is 0. The third-order valence-electron chi connectivity index (χ3n) is 3.49. The second-order valence-electron chi connectivity index (χ2n) is 7.15. The molecule has 0 aromatic heterocycles. The minimum Gasteiger partial charge on any atom is -0.151 e. The normalized spacial score (nSPS) is 12.3. The molecular weight excluding hydrogens is 223 g/mol. The maximum absolute atomic E-state index is 3.39. The van der Waals surface area contributed by atoms with Crippen molar-refractivity contribution in [3.63, 3.8) is 0 Å². The van der Waals surface area contributed by atoms with Crippen molar-refractivity contribution in [2.24, 2.45) is 0 Å². The Labute approximate surface area is 130 Å². The Morgan fingerprint density at radius 1 is 0.789 bits per heavy atom. The molecule has 0 unspecified atom stereocenters.